The molecule has 1 aliphatic carbocycles. The molecule has 0 heterocycles. The van der Waals surface area contributed by atoms with Crippen LogP contribution < -0.4 is 5.73 Å². The normalized spacial score (nSPS) is 33.0. The van der Waals surface area contributed by atoms with Gasteiger partial charge in [-0.15, -0.1) is 0 Å². The van der Waals surface area contributed by atoms with Gasteiger partial charge >= 0.3 is 0 Å². The zero-order valence-corrected chi connectivity index (χ0v) is 11.3. The molecule has 3 unspecified atom stereocenters. The van der Waals surface area contributed by atoms with Crippen LogP contribution in [0.3, 0.4) is 0 Å². The van der Waals surface area contributed by atoms with Crippen LogP contribution >= 0.6 is 0 Å². The Bertz CT molecular complexity index is 210. The van der Waals surface area contributed by atoms with Gasteiger partial charge in [0.05, 0.1) is 11.6 Å². The molecular formula is C13H28N2O. The van der Waals surface area contributed by atoms with Gasteiger partial charge in [-0.3, -0.25) is 4.90 Å². The predicted octanol–water partition coefficient (Wildman–Crippen LogP) is 2.00. The molecule has 0 spiro atoms. The van der Waals surface area contributed by atoms with Gasteiger partial charge in [0.1, 0.15) is 0 Å². The summed E-state index contributed by atoms with van der Waals surface area (Å²) in [5.74, 6) is 0. The molecule has 2 N–H and O–H groups in total. The van der Waals surface area contributed by atoms with Gasteiger partial charge in [0.25, 0.3) is 0 Å². The zero-order chi connectivity index (χ0) is 12.2. The summed E-state index contributed by atoms with van der Waals surface area (Å²) in [5.41, 5.74) is 6.13. The highest BCUT2D eigenvalue weighted by Gasteiger charge is 2.44. The van der Waals surface area contributed by atoms with E-state index in [0.29, 0.717) is 18.7 Å². The number of likely N-dealkylation sites (N-methyl/N-ethyl adjacent to an activating group) is 1. The van der Waals surface area contributed by atoms with Crippen molar-refractivity contribution < 1.29 is 4.74 Å². The van der Waals surface area contributed by atoms with Crippen molar-refractivity contribution in [1.82, 2.24) is 4.90 Å². The first-order chi connectivity index (χ1) is 7.62. The van der Waals surface area contributed by atoms with Crippen molar-refractivity contribution in [3.8, 4) is 0 Å². The Morgan fingerprint density at radius 3 is 2.69 bits per heavy atom. The lowest BCUT2D eigenvalue weighted by Gasteiger charge is -2.51. The molecule has 0 aromatic carbocycles. The maximum atomic E-state index is 6.08. The van der Waals surface area contributed by atoms with Gasteiger partial charge in [0.15, 0.2) is 0 Å². The highest BCUT2D eigenvalue weighted by Crippen LogP contribution is 2.35. The fraction of sp³-hybridized carbons (Fsp3) is 1.00. The van der Waals surface area contributed by atoms with E-state index in [0.717, 1.165) is 12.8 Å². The molecule has 0 aromatic heterocycles. The summed E-state index contributed by atoms with van der Waals surface area (Å²) in [6.07, 6.45) is 6.32. The number of methoxy groups -OCH3 is 1. The average Bonchev–Trinajstić information content (AvgIpc) is 2.36. The zero-order valence-electron chi connectivity index (χ0n) is 11.3. The van der Waals surface area contributed by atoms with E-state index in [4.69, 9.17) is 10.5 Å². The number of ether oxygens (including phenoxy) is 1. The van der Waals surface area contributed by atoms with E-state index in [1.165, 1.54) is 19.3 Å². The van der Waals surface area contributed by atoms with Crippen molar-refractivity contribution in [2.75, 3.05) is 20.7 Å². The van der Waals surface area contributed by atoms with Gasteiger partial charge in [-0.25, -0.2) is 0 Å². The SMILES string of the molecule is CCC(C)N(C)C1(CN)CCCCC1OC. The largest absolute Gasteiger partial charge is 0.379 e. The maximum Gasteiger partial charge on any atom is 0.0767 e. The number of hydrogen-bond donors (Lipinski definition) is 1. The highest BCUT2D eigenvalue weighted by molar-refractivity contribution is 5.01. The summed E-state index contributed by atoms with van der Waals surface area (Å²) in [5, 5.41) is 0. The number of rotatable bonds is 5. The first-order valence-electron chi connectivity index (χ1n) is 6.58. The van der Waals surface area contributed by atoms with E-state index in [9.17, 15) is 0 Å². The summed E-state index contributed by atoms with van der Waals surface area (Å²) >= 11 is 0. The monoisotopic (exact) mass is 228 g/mol. The second-order valence-electron chi connectivity index (χ2n) is 5.15. The van der Waals surface area contributed by atoms with E-state index in [1.54, 1.807) is 0 Å². The molecule has 0 aromatic rings. The summed E-state index contributed by atoms with van der Waals surface area (Å²) < 4.78 is 5.69. The molecular weight excluding hydrogens is 200 g/mol. The second-order valence-corrected chi connectivity index (χ2v) is 5.15. The summed E-state index contributed by atoms with van der Waals surface area (Å²) in [7, 11) is 4.03. The highest BCUT2D eigenvalue weighted by atomic mass is 16.5. The molecule has 0 bridgehead atoms. The van der Waals surface area contributed by atoms with Crippen LogP contribution in [0.1, 0.15) is 46.0 Å². The maximum absolute atomic E-state index is 6.08. The fourth-order valence-corrected chi connectivity index (χ4v) is 3.02. The molecule has 1 fully saturated rings. The van der Waals surface area contributed by atoms with Gasteiger partial charge in [0, 0.05) is 19.7 Å². The quantitative estimate of drug-likeness (QED) is 0.782. The van der Waals surface area contributed by atoms with E-state index in [1.807, 2.05) is 7.11 Å². The van der Waals surface area contributed by atoms with Crippen molar-refractivity contribution in [2.24, 2.45) is 5.73 Å². The van der Waals surface area contributed by atoms with Crippen molar-refractivity contribution in [3.05, 3.63) is 0 Å². The van der Waals surface area contributed by atoms with Crippen LogP contribution in [-0.4, -0.2) is 43.3 Å². The van der Waals surface area contributed by atoms with Gasteiger partial charge in [0.2, 0.25) is 0 Å². The minimum Gasteiger partial charge on any atom is -0.379 e. The van der Waals surface area contributed by atoms with Crippen LogP contribution in [0.25, 0.3) is 0 Å². The second kappa shape index (κ2) is 5.99. The van der Waals surface area contributed by atoms with Crippen LogP contribution in [0.15, 0.2) is 0 Å². The van der Waals surface area contributed by atoms with Crippen LogP contribution in [0, 0.1) is 0 Å². The number of hydrogen-bond acceptors (Lipinski definition) is 3. The summed E-state index contributed by atoms with van der Waals surface area (Å²) in [6.45, 7) is 5.21. The average molecular weight is 228 g/mol. The van der Waals surface area contributed by atoms with E-state index >= 15 is 0 Å². The molecule has 3 heteroatoms. The van der Waals surface area contributed by atoms with Crippen LogP contribution in [0.4, 0.5) is 0 Å². The number of nitrogens with two attached hydrogens (primary N) is 1. The van der Waals surface area contributed by atoms with Gasteiger partial charge < -0.3 is 10.5 Å². The lowest BCUT2D eigenvalue weighted by molar-refractivity contribution is -0.0786. The van der Waals surface area contributed by atoms with E-state index in [-0.39, 0.29) is 5.54 Å². The molecule has 1 aliphatic rings. The van der Waals surface area contributed by atoms with Crippen LogP contribution in [0.5, 0.6) is 0 Å². The fourth-order valence-electron chi connectivity index (χ4n) is 3.02. The van der Waals surface area contributed by atoms with E-state index in [2.05, 4.69) is 25.8 Å². The third-order valence-electron chi connectivity index (χ3n) is 4.52. The molecule has 96 valence electrons. The predicted molar refractivity (Wildman–Crippen MR) is 68.6 cm³/mol. The molecule has 3 atom stereocenters. The molecule has 1 saturated carbocycles. The lowest BCUT2D eigenvalue weighted by Crippen LogP contribution is -2.63. The van der Waals surface area contributed by atoms with Crippen LogP contribution in [-0.2, 0) is 4.74 Å². The van der Waals surface area contributed by atoms with Gasteiger partial charge in [-0.1, -0.05) is 19.8 Å². The first-order valence-corrected chi connectivity index (χ1v) is 6.58. The minimum absolute atomic E-state index is 0.0580. The molecule has 0 radical (unpaired) electrons. The smallest absolute Gasteiger partial charge is 0.0767 e. The minimum atomic E-state index is 0.0580. The van der Waals surface area contributed by atoms with Crippen molar-refractivity contribution in [2.45, 2.75) is 63.6 Å². The Morgan fingerprint density at radius 1 is 1.50 bits per heavy atom. The summed E-state index contributed by atoms with van der Waals surface area (Å²) in [6, 6.07) is 0.569. The number of nitrogens with zero attached hydrogens (tertiary/aromatic N) is 1. The lowest BCUT2D eigenvalue weighted by atomic mass is 9.77. The Morgan fingerprint density at radius 2 is 2.19 bits per heavy atom. The molecule has 3 nitrogen and oxygen atoms in total. The molecule has 0 saturated heterocycles. The Labute approximate surface area is 100 Å². The summed E-state index contributed by atoms with van der Waals surface area (Å²) in [4.78, 5) is 2.46. The van der Waals surface area contributed by atoms with Crippen LogP contribution in [0.2, 0.25) is 0 Å². The third kappa shape index (κ3) is 2.41. The molecule has 0 amide bonds. The molecule has 16 heavy (non-hydrogen) atoms. The van der Waals surface area contributed by atoms with Crippen molar-refractivity contribution in [1.29, 1.82) is 0 Å². The standard InChI is InChI=1S/C13H28N2O/c1-5-11(2)15(3)13(10-14)9-7-6-8-12(13)16-4/h11-12H,5-10,14H2,1-4H3. The van der Waals surface area contributed by atoms with Crippen molar-refractivity contribution >= 4 is 0 Å². The molecule has 1 rings (SSSR count). The molecule has 0 aliphatic heterocycles. The van der Waals surface area contributed by atoms with Gasteiger partial charge in [-0.05, 0) is 33.2 Å². The van der Waals surface area contributed by atoms with Gasteiger partial charge in [-0.2, -0.15) is 0 Å². The van der Waals surface area contributed by atoms with Crippen molar-refractivity contribution in [3.63, 3.8) is 0 Å². The Hall–Kier alpha value is -0.120. The van der Waals surface area contributed by atoms with E-state index < -0.39 is 0 Å². The Balaban J connectivity index is 2.87. The topological polar surface area (TPSA) is 38.5 Å². The Kier molecular flexibility index (Phi) is 5.22. The first kappa shape index (κ1) is 13.9. The third-order valence-corrected chi connectivity index (χ3v) is 4.52.